The number of hydrogen-bond acceptors (Lipinski definition) is 5. The summed E-state index contributed by atoms with van der Waals surface area (Å²) >= 11 is 0. The van der Waals surface area contributed by atoms with Crippen LogP contribution in [0.25, 0.3) is 0 Å². The van der Waals surface area contributed by atoms with Gasteiger partial charge < -0.3 is 0 Å². The van der Waals surface area contributed by atoms with Crippen LogP contribution in [0, 0.1) is 0 Å². The van der Waals surface area contributed by atoms with Crippen LogP contribution in [0.5, 0.6) is 0 Å². The van der Waals surface area contributed by atoms with Crippen molar-refractivity contribution in [3.63, 3.8) is 0 Å². The molecule has 0 spiro atoms. The lowest BCUT2D eigenvalue weighted by molar-refractivity contribution is -0.00417. The van der Waals surface area contributed by atoms with E-state index in [1.165, 1.54) is 44.8 Å². The van der Waals surface area contributed by atoms with Gasteiger partial charge in [-0.15, -0.1) is 0 Å². The second kappa shape index (κ2) is 6.16. The number of rotatable bonds is 4. The third-order valence-corrected chi connectivity index (χ3v) is 4.59. The van der Waals surface area contributed by atoms with Gasteiger partial charge in [0.15, 0.2) is 0 Å². The molecule has 3 rings (SSSR count). The van der Waals surface area contributed by atoms with Gasteiger partial charge in [-0.25, -0.2) is 0 Å². The highest BCUT2D eigenvalue weighted by atomic mass is 15.4. The molecule has 0 aliphatic carbocycles. The topological polar surface area (TPSA) is 35.5 Å². The molecule has 1 aromatic rings. The summed E-state index contributed by atoms with van der Waals surface area (Å²) in [6.45, 7) is 12.9. The number of aromatic nitrogens is 2. The Labute approximate surface area is 121 Å². The first-order chi connectivity index (χ1) is 9.72. The molecule has 5 nitrogen and oxygen atoms in total. The zero-order valence-electron chi connectivity index (χ0n) is 12.6. The van der Waals surface area contributed by atoms with Crippen molar-refractivity contribution in [2.24, 2.45) is 0 Å². The minimum absolute atomic E-state index is 0.689. The first-order valence-electron chi connectivity index (χ1n) is 7.68. The lowest BCUT2D eigenvalue weighted by atomic mass is 10.0. The summed E-state index contributed by atoms with van der Waals surface area (Å²) in [5, 5.41) is 7.76. The third-order valence-electron chi connectivity index (χ3n) is 4.59. The molecule has 110 valence electrons. The summed E-state index contributed by atoms with van der Waals surface area (Å²) in [4.78, 5) is 7.74. The van der Waals surface area contributed by atoms with Gasteiger partial charge in [-0.3, -0.25) is 14.7 Å². The highest BCUT2D eigenvalue weighted by Crippen LogP contribution is 2.19. The summed E-state index contributed by atoms with van der Waals surface area (Å²) in [7, 11) is 0. The average Bonchev–Trinajstić information content (AvgIpc) is 2.44. The van der Waals surface area contributed by atoms with Crippen molar-refractivity contribution in [1.29, 1.82) is 0 Å². The molecule has 0 aromatic carbocycles. The van der Waals surface area contributed by atoms with E-state index < -0.39 is 0 Å². The fraction of sp³-hybridized carbons (Fsp3) is 0.733. The van der Waals surface area contributed by atoms with Crippen molar-refractivity contribution in [3.8, 4) is 0 Å². The molecule has 2 fully saturated rings. The average molecular weight is 275 g/mol. The normalized spacial score (nSPS) is 23.1. The van der Waals surface area contributed by atoms with Crippen LogP contribution >= 0.6 is 0 Å². The van der Waals surface area contributed by atoms with Crippen LogP contribution < -0.4 is 0 Å². The maximum absolute atomic E-state index is 3.94. The zero-order chi connectivity index (χ0) is 13.9. The molecule has 3 heterocycles. The van der Waals surface area contributed by atoms with E-state index in [9.17, 15) is 0 Å². The summed E-state index contributed by atoms with van der Waals surface area (Å²) in [6.07, 6.45) is 3.65. The Morgan fingerprint density at radius 1 is 1.15 bits per heavy atom. The molecule has 0 saturated carbocycles. The van der Waals surface area contributed by atoms with Gasteiger partial charge in [0, 0.05) is 64.1 Å². The van der Waals surface area contributed by atoms with Crippen LogP contribution in [0.4, 0.5) is 0 Å². The van der Waals surface area contributed by atoms with Crippen molar-refractivity contribution in [3.05, 3.63) is 24.0 Å². The van der Waals surface area contributed by atoms with Gasteiger partial charge in [0.05, 0.1) is 6.20 Å². The molecule has 0 N–H and O–H groups in total. The quantitative estimate of drug-likeness (QED) is 0.808. The molecule has 2 saturated heterocycles. The van der Waals surface area contributed by atoms with Crippen molar-refractivity contribution < 1.29 is 0 Å². The van der Waals surface area contributed by atoms with Crippen molar-refractivity contribution in [2.75, 3.05) is 39.3 Å². The first-order valence-corrected chi connectivity index (χ1v) is 7.68. The van der Waals surface area contributed by atoms with E-state index in [-0.39, 0.29) is 0 Å². The van der Waals surface area contributed by atoms with Crippen LogP contribution in [-0.4, -0.2) is 76.2 Å². The predicted octanol–water partition coefficient (Wildman–Crippen LogP) is 0.687. The maximum atomic E-state index is 3.94. The second-order valence-electron chi connectivity index (χ2n) is 6.26. The summed E-state index contributed by atoms with van der Waals surface area (Å²) in [5.41, 5.74) is 1.27. The molecular weight excluding hydrogens is 250 g/mol. The Bertz CT molecular complexity index is 408. The monoisotopic (exact) mass is 275 g/mol. The first kappa shape index (κ1) is 13.9. The van der Waals surface area contributed by atoms with E-state index in [1.54, 1.807) is 6.20 Å². The van der Waals surface area contributed by atoms with Gasteiger partial charge in [-0.05, 0) is 25.5 Å². The predicted molar refractivity (Wildman–Crippen MR) is 79.4 cm³/mol. The molecule has 20 heavy (non-hydrogen) atoms. The van der Waals surface area contributed by atoms with Gasteiger partial charge in [-0.1, -0.05) is 0 Å². The summed E-state index contributed by atoms with van der Waals surface area (Å²) in [5.74, 6) is 0. The van der Waals surface area contributed by atoms with Gasteiger partial charge in [0.1, 0.15) is 0 Å². The molecule has 0 radical (unpaired) electrons. The molecule has 2 aliphatic rings. The molecular formula is C15H25N5. The van der Waals surface area contributed by atoms with Crippen LogP contribution in [-0.2, 0) is 6.54 Å². The smallest absolute Gasteiger partial charge is 0.0541 e. The summed E-state index contributed by atoms with van der Waals surface area (Å²) in [6, 6.07) is 3.51. The van der Waals surface area contributed by atoms with Crippen LogP contribution in [0.1, 0.15) is 19.4 Å². The van der Waals surface area contributed by atoms with E-state index >= 15 is 0 Å². The molecule has 5 heteroatoms. The lowest BCUT2D eigenvalue weighted by Crippen LogP contribution is -2.63. The Balaban J connectivity index is 1.40. The van der Waals surface area contributed by atoms with E-state index in [0.29, 0.717) is 6.04 Å². The van der Waals surface area contributed by atoms with Crippen LogP contribution in [0.3, 0.4) is 0 Å². The number of piperazine rings is 1. The SMILES string of the molecule is CC(C)N1CCN(C2CN(Cc3ccnnc3)C2)CC1. The van der Waals surface area contributed by atoms with E-state index in [1.807, 2.05) is 6.20 Å². The highest BCUT2D eigenvalue weighted by molar-refractivity contribution is 5.06. The molecule has 0 amide bonds. The molecule has 2 aliphatic heterocycles. The van der Waals surface area contributed by atoms with Crippen molar-refractivity contribution in [1.82, 2.24) is 24.9 Å². The minimum atomic E-state index is 0.689. The standard InChI is InChI=1S/C15H25N5/c1-13(2)19-5-7-20(8-6-19)15-11-18(12-15)10-14-3-4-16-17-9-14/h3-4,9,13,15H,5-8,10-12H2,1-2H3. The Morgan fingerprint density at radius 3 is 2.50 bits per heavy atom. The van der Waals surface area contributed by atoms with Crippen LogP contribution in [0.2, 0.25) is 0 Å². The van der Waals surface area contributed by atoms with E-state index in [0.717, 1.165) is 12.6 Å². The Kier molecular flexibility index (Phi) is 4.29. The largest absolute Gasteiger partial charge is 0.298 e. The molecule has 0 bridgehead atoms. The van der Waals surface area contributed by atoms with Gasteiger partial charge in [0.2, 0.25) is 0 Å². The fourth-order valence-electron chi connectivity index (χ4n) is 3.19. The van der Waals surface area contributed by atoms with Crippen LogP contribution in [0.15, 0.2) is 18.5 Å². The molecule has 0 atom stereocenters. The highest BCUT2D eigenvalue weighted by Gasteiger charge is 2.33. The van der Waals surface area contributed by atoms with Gasteiger partial charge >= 0.3 is 0 Å². The van der Waals surface area contributed by atoms with E-state index in [2.05, 4.69) is 44.8 Å². The number of hydrogen-bond donors (Lipinski definition) is 0. The Morgan fingerprint density at radius 2 is 1.90 bits per heavy atom. The minimum Gasteiger partial charge on any atom is -0.298 e. The van der Waals surface area contributed by atoms with Crippen molar-refractivity contribution in [2.45, 2.75) is 32.5 Å². The van der Waals surface area contributed by atoms with Gasteiger partial charge in [-0.2, -0.15) is 10.2 Å². The number of nitrogens with zero attached hydrogens (tertiary/aromatic N) is 5. The third kappa shape index (κ3) is 3.16. The molecule has 0 unspecified atom stereocenters. The van der Waals surface area contributed by atoms with E-state index in [4.69, 9.17) is 0 Å². The fourth-order valence-corrected chi connectivity index (χ4v) is 3.19. The Hall–Kier alpha value is -1.04. The van der Waals surface area contributed by atoms with Crippen molar-refractivity contribution >= 4 is 0 Å². The lowest BCUT2D eigenvalue weighted by Gasteiger charge is -2.48. The second-order valence-corrected chi connectivity index (χ2v) is 6.26. The maximum Gasteiger partial charge on any atom is 0.0541 e. The summed E-state index contributed by atoms with van der Waals surface area (Å²) < 4.78 is 0. The zero-order valence-corrected chi connectivity index (χ0v) is 12.6. The van der Waals surface area contributed by atoms with Gasteiger partial charge in [0.25, 0.3) is 0 Å². The number of likely N-dealkylation sites (tertiary alicyclic amines) is 1. The molecule has 1 aromatic heterocycles.